The Hall–Kier alpha value is -0.875. The lowest BCUT2D eigenvalue weighted by Crippen LogP contribution is -2.12. The van der Waals surface area contributed by atoms with Gasteiger partial charge in [0.25, 0.3) is 0 Å². The predicted octanol–water partition coefficient (Wildman–Crippen LogP) is 2.00. The van der Waals surface area contributed by atoms with Gasteiger partial charge in [0.2, 0.25) is 0 Å². The van der Waals surface area contributed by atoms with Gasteiger partial charge in [0.1, 0.15) is 19.9 Å². The lowest BCUT2D eigenvalue weighted by atomic mass is 10.2. The molecule has 0 radical (unpaired) electrons. The van der Waals surface area contributed by atoms with E-state index in [2.05, 4.69) is 0 Å². The van der Waals surface area contributed by atoms with Crippen molar-refractivity contribution in [2.75, 3.05) is 14.1 Å². The summed E-state index contributed by atoms with van der Waals surface area (Å²) < 4.78 is 41.0. The highest BCUT2D eigenvalue weighted by Crippen LogP contribution is 2.06. The molecule has 0 amide bonds. The second-order valence-corrected chi connectivity index (χ2v) is 3.00. The van der Waals surface area contributed by atoms with E-state index >= 15 is 0 Å². The fourth-order valence-corrected chi connectivity index (χ4v) is 0.518. The van der Waals surface area contributed by atoms with Crippen LogP contribution in [0.4, 0.5) is 17.3 Å². The monoisotopic (exact) mass is 215 g/mol. The quantitative estimate of drug-likeness (QED) is 0.298. The van der Waals surface area contributed by atoms with Crippen molar-refractivity contribution in [1.29, 1.82) is 0 Å². The number of nitrogens with zero attached hydrogens (tertiary/aromatic N) is 1. The first-order chi connectivity index (χ1) is 6.04. The van der Waals surface area contributed by atoms with E-state index in [9.17, 15) is 22.1 Å². The Bertz CT molecular complexity index is 214. The summed E-state index contributed by atoms with van der Waals surface area (Å²) in [6, 6.07) is 0. The van der Waals surface area contributed by atoms with Crippen molar-refractivity contribution >= 4 is 18.7 Å². The second-order valence-electron chi connectivity index (χ2n) is 3.00. The van der Waals surface area contributed by atoms with Crippen LogP contribution in [0.25, 0.3) is 0 Å². The molecule has 14 heavy (non-hydrogen) atoms. The highest BCUT2D eigenvalue weighted by atomic mass is 19.5. The predicted molar refractivity (Wildman–Crippen MR) is 48.3 cm³/mol. The highest BCUT2D eigenvalue weighted by molar-refractivity contribution is 6.50. The zero-order chi connectivity index (χ0) is 11.9. The third-order valence-electron chi connectivity index (χ3n) is 1.27. The number of rotatable bonds is 2. The first-order valence-electron chi connectivity index (χ1n) is 3.90. The van der Waals surface area contributed by atoms with Crippen LogP contribution in [0.3, 0.4) is 0 Å². The van der Waals surface area contributed by atoms with Crippen molar-refractivity contribution in [2.24, 2.45) is 0 Å². The Labute approximate surface area is 80.7 Å². The van der Waals surface area contributed by atoms with Crippen LogP contribution in [0.5, 0.6) is 0 Å². The molecule has 0 saturated heterocycles. The van der Waals surface area contributed by atoms with Gasteiger partial charge in [-0.15, -0.1) is 0 Å². The number of carbonyl (C=O) groups is 1. The average molecular weight is 215 g/mol. The molecule has 0 aromatic rings. The maximum absolute atomic E-state index is 10.5. The summed E-state index contributed by atoms with van der Waals surface area (Å²) in [5, 5.41) is 0. The van der Waals surface area contributed by atoms with Gasteiger partial charge in [-0.3, -0.25) is 4.79 Å². The van der Waals surface area contributed by atoms with Crippen LogP contribution < -0.4 is 0 Å². The van der Waals surface area contributed by atoms with E-state index in [4.69, 9.17) is 0 Å². The molecule has 0 aliphatic rings. The van der Waals surface area contributed by atoms with Crippen molar-refractivity contribution in [1.82, 2.24) is 0 Å². The van der Waals surface area contributed by atoms with Gasteiger partial charge >= 0.3 is 7.25 Å². The third kappa shape index (κ3) is 22.5. The standard InChI is InChI=1S/C7H14NO.BF4/c1-6(8(3)4)5-7(2)9;2-1(3,4)5/h5H2,1-4H3;/q+1;-1. The molecule has 0 unspecified atom stereocenters. The molecule has 0 aliphatic heterocycles. The van der Waals surface area contributed by atoms with Gasteiger partial charge in [-0.25, -0.2) is 4.58 Å². The van der Waals surface area contributed by atoms with Crippen molar-refractivity contribution in [3.8, 4) is 0 Å². The van der Waals surface area contributed by atoms with E-state index in [1.165, 1.54) is 0 Å². The SMILES string of the molecule is CC(=O)CC(C)=[N+](C)C.F[B-](F)(F)F. The zero-order valence-electron chi connectivity index (χ0n) is 8.65. The van der Waals surface area contributed by atoms with Crippen LogP contribution in [-0.4, -0.2) is 37.4 Å². The van der Waals surface area contributed by atoms with E-state index in [1.54, 1.807) is 6.92 Å². The topological polar surface area (TPSA) is 20.1 Å². The van der Waals surface area contributed by atoms with Gasteiger partial charge in [0.05, 0.1) is 6.42 Å². The molecule has 0 aromatic heterocycles. The molecule has 7 heteroatoms. The van der Waals surface area contributed by atoms with Crippen LogP contribution in [0.1, 0.15) is 20.3 Å². The number of carbonyl (C=O) groups excluding carboxylic acids is 1. The number of Topliss-reactive ketones (excluding diaryl/α,β-unsaturated/α-hetero) is 1. The number of ketones is 1. The minimum Gasteiger partial charge on any atom is -0.418 e. The summed E-state index contributed by atoms with van der Waals surface area (Å²) in [5.41, 5.74) is 1.11. The molecule has 0 spiro atoms. The Kier molecular flexibility index (Phi) is 7.31. The van der Waals surface area contributed by atoms with Gasteiger partial charge in [-0.2, -0.15) is 0 Å². The maximum Gasteiger partial charge on any atom is 0.673 e. The Morgan fingerprint density at radius 2 is 1.43 bits per heavy atom. The number of halogens is 4. The van der Waals surface area contributed by atoms with E-state index < -0.39 is 7.25 Å². The average Bonchev–Trinajstić information content (AvgIpc) is 1.80. The van der Waals surface area contributed by atoms with Crippen LogP contribution >= 0.6 is 0 Å². The van der Waals surface area contributed by atoms with Crippen molar-refractivity contribution in [3.05, 3.63) is 0 Å². The molecule has 0 heterocycles. The fraction of sp³-hybridized carbons (Fsp3) is 0.714. The highest BCUT2D eigenvalue weighted by Gasteiger charge is 2.20. The molecule has 0 aromatic carbocycles. The Morgan fingerprint density at radius 1 is 1.14 bits per heavy atom. The number of hydrogen-bond donors (Lipinski definition) is 0. The smallest absolute Gasteiger partial charge is 0.418 e. The van der Waals surface area contributed by atoms with E-state index in [-0.39, 0.29) is 5.78 Å². The van der Waals surface area contributed by atoms with Crippen LogP contribution in [-0.2, 0) is 4.79 Å². The molecular weight excluding hydrogens is 201 g/mol. The van der Waals surface area contributed by atoms with Crippen molar-refractivity contribution in [2.45, 2.75) is 20.3 Å². The van der Waals surface area contributed by atoms with Crippen LogP contribution in [0.2, 0.25) is 0 Å². The van der Waals surface area contributed by atoms with Crippen molar-refractivity contribution in [3.63, 3.8) is 0 Å². The lowest BCUT2D eigenvalue weighted by molar-refractivity contribution is -0.465. The molecule has 0 aliphatic carbocycles. The van der Waals surface area contributed by atoms with Crippen LogP contribution in [0.15, 0.2) is 0 Å². The lowest BCUT2D eigenvalue weighted by Gasteiger charge is -1.94. The zero-order valence-corrected chi connectivity index (χ0v) is 8.65. The van der Waals surface area contributed by atoms with Gasteiger partial charge < -0.3 is 17.3 Å². The number of hydrogen-bond acceptors (Lipinski definition) is 1. The molecule has 0 bridgehead atoms. The minimum absolute atomic E-state index is 0.223. The summed E-state index contributed by atoms with van der Waals surface area (Å²) >= 11 is 0. The summed E-state index contributed by atoms with van der Waals surface area (Å²) in [5.74, 6) is 0.223. The van der Waals surface area contributed by atoms with E-state index in [0.717, 1.165) is 5.71 Å². The normalized spacial score (nSPS) is 10.0. The first-order valence-corrected chi connectivity index (χ1v) is 3.90. The summed E-state index contributed by atoms with van der Waals surface area (Å²) in [4.78, 5) is 10.5. The Morgan fingerprint density at radius 3 is 1.50 bits per heavy atom. The maximum atomic E-state index is 10.5. The van der Waals surface area contributed by atoms with E-state index in [1.807, 2.05) is 25.6 Å². The largest absolute Gasteiger partial charge is 0.673 e. The first kappa shape index (κ1) is 15.6. The summed E-state index contributed by atoms with van der Waals surface area (Å²) in [6.45, 7) is 3.56. The fourth-order valence-electron chi connectivity index (χ4n) is 0.518. The minimum atomic E-state index is -6.00. The molecule has 0 atom stereocenters. The molecule has 84 valence electrons. The van der Waals surface area contributed by atoms with Gasteiger partial charge in [-0.1, -0.05) is 0 Å². The molecule has 0 fully saturated rings. The molecule has 0 saturated carbocycles. The summed E-state index contributed by atoms with van der Waals surface area (Å²) in [6.07, 6.45) is 0.576. The third-order valence-corrected chi connectivity index (χ3v) is 1.27. The second kappa shape index (κ2) is 6.56. The van der Waals surface area contributed by atoms with Gasteiger partial charge in [0.15, 0.2) is 5.71 Å². The van der Waals surface area contributed by atoms with Gasteiger partial charge in [0, 0.05) is 6.92 Å². The van der Waals surface area contributed by atoms with Crippen molar-refractivity contribution < 1.29 is 26.6 Å². The molecular formula is C7H14BF4NO. The Balaban J connectivity index is 0. The molecule has 2 nitrogen and oxygen atoms in total. The van der Waals surface area contributed by atoms with E-state index in [0.29, 0.717) is 6.42 Å². The summed E-state index contributed by atoms with van der Waals surface area (Å²) in [7, 11) is -2.11. The van der Waals surface area contributed by atoms with Gasteiger partial charge in [-0.05, 0) is 6.92 Å². The molecule has 0 N–H and O–H groups in total. The van der Waals surface area contributed by atoms with Crippen LogP contribution in [0, 0.1) is 0 Å². The molecule has 0 rings (SSSR count).